The summed E-state index contributed by atoms with van der Waals surface area (Å²) < 4.78 is 5.44. The van der Waals surface area contributed by atoms with E-state index in [9.17, 15) is 5.11 Å². The lowest BCUT2D eigenvalue weighted by Gasteiger charge is -2.36. The molecule has 0 atom stereocenters. The number of rotatable bonds is 10. The van der Waals surface area contributed by atoms with Gasteiger partial charge in [0.05, 0.1) is 6.61 Å². The fourth-order valence-electron chi connectivity index (χ4n) is 3.03. The van der Waals surface area contributed by atoms with Crippen molar-refractivity contribution in [1.29, 1.82) is 0 Å². The van der Waals surface area contributed by atoms with E-state index in [2.05, 4.69) is 38.3 Å². The van der Waals surface area contributed by atoms with E-state index < -0.39 is 0 Å². The lowest BCUT2D eigenvalue weighted by molar-refractivity contribution is -0.0131. The Morgan fingerprint density at radius 1 is 1.16 bits per heavy atom. The number of aliphatic imine (C=N–C) groups is 1. The predicted molar refractivity (Wildman–Crippen MR) is 117 cm³/mol. The van der Waals surface area contributed by atoms with Crippen molar-refractivity contribution >= 4 is 29.9 Å². The summed E-state index contributed by atoms with van der Waals surface area (Å²) in [5, 5.41) is 16.6. The third-order valence-corrected chi connectivity index (χ3v) is 4.99. The van der Waals surface area contributed by atoms with Crippen LogP contribution in [0.1, 0.15) is 66.2 Å². The Balaban J connectivity index is 0.00000576. The number of unbranched alkanes of at least 4 members (excludes halogenated alkanes) is 2. The molecule has 1 aliphatic rings. The van der Waals surface area contributed by atoms with Gasteiger partial charge in [-0.25, -0.2) is 0 Å². The zero-order valence-electron chi connectivity index (χ0n) is 16.7. The second-order valence-electron chi connectivity index (χ2n) is 7.94. The highest BCUT2D eigenvalue weighted by Gasteiger charge is 2.32. The SMILES string of the molecule is CCCCCC(C)(C)CN=C(NCC)NCC1(CO)CCOCC1.I. The monoisotopic (exact) mass is 469 g/mol. The van der Waals surface area contributed by atoms with Crippen LogP contribution < -0.4 is 10.6 Å². The quantitative estimate of drug-likeness (QED) is 0.198. The van der Waals surface area contributed by atoms with Crippen LogP contribution in [0.4, 0.5) is 0 Å². The van der Waals surface area contributed by atoms with Crippen LogP contribution in [-0.2, 0) is 4.74 Å². The van der Waals surface area contributed by atoms with Crippen LogP contribution in [0.5, 0.6) is 0 Å². The Morgan fingerprint density at radius 3 is 2.40 bits per heavy atom. The number of aliphatic hydroxyl groups excluding tert-OH is 1. The predicted octanol–water partition coefficient (Wildman–Crippen LogP) is 3.56. The Kier molecular flexibility index (Phi) is 13.1. The largest absolute Gasteiger partial charge is 0.396 e. The molecule has 0 aliphatic carbocycles. The first kappa shape index (κ1) is 24.9. The minimum absolute atomic E-state index is 0. The summed E-state index contributed by atoms with van der Waals surface area (Å²) in [6.45, 7) is 13.0. The first-order valence-electron chi connectivity index (χ1n) is 9.68. The molecule has 0 amide bonds. The van der Waals surface area contributed by atoms with Crippen molar-refractivity contribution in [3.63, 3.8) is 0 Å². The van der Waals surface area contributed by atoms with Gasteiger partial charge in [0.25, 0.3) is 0 Å². The highest BCUT2D eigenvalue weighted by molar-refractivity contribution is 14.0. The van der Waals surface area contributed by atoms with E-state index in [0.717, 1.165) is 51.6 Å². The van der Waals surface area contributed by atoms with E-state index in [0.29, 0.717) is 0 Å². The molecule has 1 aliphatic heterocycles. The third kappa shape index (κ3) is 9.99. The molecule has 0 spiro atoms. The maximum atomic E-state index is 9.81. The van der Waals surface area contributed by atoms with Crippen LogP contribution in [-0.4, -0.2) is 50.5 Å². The number of ether oxygens (including phenoxy) is 1. The van der Waals surface area contributed by atoms with Gasteiger partial charge in [-0.2, -0.15) is 0 Å². The van der Waals surface area contributed by atoms with Gasteiger partial charge in [-0.05, 0) is 31.6 Å². The molecule has 1 rings (SSSR count). The van der Waals surface area contributed by atoms with Gasteiger partial charge >= 0.3 is 0 Å². The van der Waals surface area contributed by atoms with Crippen LogP contribution in [0, 0.1) is 10.8 Å². The standard InChI is InChI=1S/C19H39N3O2.HI/c1-5-7-8-9-18(3,4)14-21-17(20-6-2)22-15-19(16-23)10-12-24-13-11-19;/h23H,5-16H2,1-4H3,(H2,20,21,22);1H. The van der Waals surface area contributed by atoms with E-state index in [1.54, 1.807) is 0 Å². The van der Waals surface area contributed by atoms with E-state index in [4.69, 9.17) is 9.73 Å². The van der Waals surface area contributed by atoms with Crippen LogP contribution in [0.15, 0.2) is 4.99 Å². The van der Waals surface area contributed by atoms with Crippen molar-refractivity contribution in [3.05, 3.63) is 0 Å². The molecule has 150 valence electrons. The molecule has 0 unspecified atom stereocenters. The van der Waals surface area contributed by atoms with Gasteiger partial charge in [0, 0.05) is 38.3 Å². The second kappa shape index (κ2) is 13.1. The molecule has 1 heterocycles. The highest BCUT2D eigenvalue weighted by atomic mass is 127. The number of halogens is 1. The molecule has 25 heavy (non-hydrogen) atoms. The number of hydrogen-bond donors (Lipinski definition) is 3. The Morgan fingerprint density at radius 2 is 1.84 bits per heavy atom. The van der Waals surface area contributed by atoms with Crippen molar-refractivity contribution in [2.45, 2.75) is 66.2 Å². The molecule has 0 aromatic rings. The molecule has 5 nitrogen and oxygen atoms in total. The van der Waals surface area contributed by atoms with Crippen LogP contribution >= 0.6 is 24.0 Å². The molecule has 0 aromatic heterocycles. The summed E-state index contributed by atoms with van der Waals surface area (Å²) in [6, 6.07) is 0. The number of nitrogens with zero attached hydrogens (tertiary/aromatic N) is 1. The van der Waals surface area contributed by atoms with Crippen LogP contribution in [0.3, 0.4) is 0 Å². The highest BCUT2D eigenvalue weighted by Crippen LogP contribution is 2.29. The molecule has 1 saturated heterocycles. The summed E-state index contributed by atoms with van der Waals surface area (Å²) in [7, 11) is 0. The van der Waals surface area contributed by atoms with E-state index in [-0.39, 0.29) is 41.4 Å². The fraction of sp³-hybridized carbons (Fsp3) is 0.947. The molecule has 3 N–H and O–H groups in total. The van der Waals surface area contributed by atoms with Crippen LogP contribution in [0.25, 0.3) is 0 Å². The average Bonchev–Trinajstić information content (AvgIpc) is 2.58. The molecule has 0 aromatic carbocycles. The molecule has 6 heteroatoms. The van der Waals surface area contributed by atoms with Crippen molar-refractivity contribution in [1.82, 2.24) is 10.6 Å². The molecule has 0 bridgehead atoms. The topological polar surface area (TPSA) is 65.9 Å². The summed E-state index contributed by atoms with van der Waals surface area (Å²) in [5.74, 6) is 0.861. The van der Waals surface area contributed by atoms with Gasteiger partial charge in [0.15, 0.2) is 5.96 Å². The third-order valence-electron chi connectivity index (χ3n) is 4.99. The maximum Gasteiger partial charge on any atom is 0.191 e. The van der Waals surface area contributed by atoms with Gasteiger partial charge in [-0.15, -0.1) is 24.0 Å². The van der Waals surface area contributed by atoms with E-state index in [1.165, 1.54) is 25.7 Å². The summed E-state index contributed by atoms with van der Waals surface area (Å²) in [6.07, 6.45) is 6.85. The number of aliphatic hydroxyl groups is 1. The summed E-state index contributed by atoms with van der Waals surface area (Å²) in [4.78, 5) is 4.80. The van der Waals surface area contributed by atoms with E-state index in [1.807, 2.05) is 0 Å². The van der Waals surface area contributed by atoms with E-state index >= 15 is 0 Å². The normalized spacial score (nSPS) is 17.7. The molecular formula is C19H40IN3O2. The van der Waals surface area contributed by atoms with Gasteiger partial charge in [-0.1, -0.05) is 40.0 Å². The second-order valence-corrected chi connectivity index (χ2v) is 7.94. The average molecular weight is 469 g/mol. The first-order valence-corrected chi connectivity index (χ1v) is 9.68. The van der Waals surface area contributed by atoms with Gasteiger partial charge in [-0.3, -0.25) is 4.99 Å². The Hall–Kier alpha value is -0.0800. The smallest absolute Gasteiger partial charge is 0.191 e. The minimum atomic E-state index is -0.0783. The zero-order chi connectivity index (χ0) is 17.9. The molecular weight excluding hydrogens is 429 g/mol. The summed E-state index contributed by atoms with van der Waals surface area (Å²) in [5.41, 5.74) is 0.149. The molecule has 0 saturated carbocycles. The maximum absolute atomic E-state index is 9.81. The Bertz CT molecular complexity index is 370. The number of hydrogen-bond acceptors (Lipinski definition) is 3. The lowest BCUT2D eigenvalue weighted by atomic mass is 9.81. The van der Waals surface area contributed by atoms with Crippen LogP contribution in [0.2, 0.25) is 0 Å². The summed E-state index contributed by atoms with van der Waals surface area (Å²) >= 11 is 0. The number of nitrogens with one attached hydrogen (secondary N) is 2. The fourth-order valence-corrected chi connectivity index (χ4v) is 3.03. The first-order chi connectivity index (χ1) is 11.5. The Labute approximate surface area is 171 Å². The molecule has 0 radical (unpaired) electrons. The van der Waals surface area contributed by atoms with Gasteiger partial charge in [0.1, 0.15) is 0 Å². The van der Waals surface area contributed by atoms with Gasteiger partial charge in [0.2, 0.25) is 0 Å². The number of guanidine groups is 1. The van der Waals surface area contributed by atoms with Crippen molar-refractivity contribution < 1.29 is 9.84 Å². The van der Waals surface area contributed by atoms with Gasteiger partial charge < -0.3 is 20.5 Å². The minimum Gasteiger partial charge on any atom is -0.396 e. The van der Waals surface area contributed by atoms with Crippen molar-refractivity contribution in [3.8, 4) is 0 Å². The van der Waals surface area contributed by atoms with Crippen molar-refractivity contribution in [2.24, 2.45) is 15.8 Å². The lowest BCUT2D eigenvalue weighted by Crippen LogP contribution is -2.47. The van der Waals surface area contributed by atoms with Crippen molar-refractivity contribution in [2.75, 3.05) is 39.5 Å². The molecule has 1 fully saturated rings. The zero-order valence-corrected chi connectivity index (χ0v) is 19.0.